The highest BCUT2D eigenvalue weighted by Crippen LogP contribution is 2.36. The van der Waals surface area contributed by atoms with Gasteiger partial charge in [-0.2, -0.15) is 0 Å². The number of carbonyl (C=O) groups excluding carboxylic acids is 1. The van der Waals surface area contributed by atoms with E-state index in [4.69, 9.17) is 14.2 Å². The number of aromatic nitrogens is 1. The molecule has 0 atom stereocenters. The first-order valence-corrected chi connectivity index (χ1v) is 7.85. The highest BCUT2D eigenvalue weighted by Gasteiger charge is 2.14. The maximum Gasteiger partial charge on any atom is 0.311 e. The van der Waals surface area contributed by atoms with Crippen molar-refractivity contribution in [1.29, 1.82) is 0 Å². The number of carbonyl (C=O) groups is 1. The van der Waals surface area contributed by atoms with Gasteiger partial charge in [0.15, 0.2) is 11.5 Å². The molecule has 1 N–H and O–H groups in total. The lowest BCUT2D eigenvalue weighted by molar-refractivity contribution is -0.139. The number of benzene rings is 2. The number of ether oxygens (including phenoxy) is 3. The molecule has 0 radical (unpaired) electrons. The molecule has 2 heterocycles. The number of hydrogen-bond acceptors (Lipinski definition) is 6. The van der Waals surface area contributed by atoms with E-state index in [1.807, 2.05) is 48.5 Å². The van der Waals surface area contributed by atoms with Gasteiger partial charge >= 0.3 is 5.97 Å². The predicted molar refractivity (Wildman–Crippen MR) is 93.3 cm³/mol. The Morgan fingerprint density at radius 3 is 2.88 bits per heavy atom. The Morgan fingerprint density at radius 2 is 2.00 bits per heavy atom. The van der Waals surface area contributed by atoms with Gasteiger partial charge in [0, 0.05) is 22.8 Å². The molecule has 25 heavy (non-hydrogen) atoms. The summed E-state index contributed by atoms with van der Waals surface area (Å²) in [5.41, 5.74) is 3.19. The molecule has 0 saturated carbocycles. The number of esters is 1. The van der Waals surface area contributed by atoms with Gasteiger partial charge in [-0.1, -0.05) is 18.2 Å². The van der Waals surface area contributed by atoms with Crippen molar-refractivity contribution in [3.05, 3.63) is 54.2 Å². The number of hydrogen-bond donors (Lipinski definition) is 1. The fourth-order valence-corrected chi connectivity index (χ4v) is 2.77. The quantitative estimate of drug-likeness (QED) is 0.736. The van der Waals surface area contributed by atoms with Crippen LogP contribution >= 0.6 is 0 Å². The summed E-state index contributed by atoms with van der Waals surface area (Å²) in [6.07, 6.45) is 0.122. The average molecular weight is 336 g/mol. The topological polar surface area (TPSA) is 69.7 Å². The van der Waals surface area contributed by atoms with Crippen LogP contribution in [0.1, 0.15) is 5.69 Å². The van der Waals surface area contributed by atoms with Crippen LogP contribution in [0, 0.1) is 0 Å². The first-order valence-electron chi connectivity index (χ1n) is 7.85. The summed E-state index contributed by atoms with van der Waals surface area (Å²) in [6.45, 7) is 0.236. The first-order chi connectivity index (χ1) is 12.2. The fourth-order valence-electron chi connectivity index (χ4n) is 2.77. The van der Waals surface area contributed by atoms with Crippen molar-refractivity contribution in [2.45, 2.75) is 6.42 Å². The van der Waals surface area contributed by atoms with Crippen molar-refractivity contribution >= 4 is 28.2 Å². The van der Waals surface area contributed by atoms with E-state index in [0.717, 1.165) is 28.0 Å². The molecule has 0 amide bonds. The van der Waals surface area contributed by atoms with E-state index in [0.29, 0.717) is 11.4 Å². The third-order valence-electron chi connectivity index (χ3n) is 3.97. The molecule has 0 unspecified atom stereocenters. The van der Waals surface area contributed by atoms with E-state index in [9.17, 15) is 4.79 Å². The number of fused-ring (bicyclic) bond motifs is 2. The molecular formula is C19H16N2O4. The van der Waals surface area contributed by atoms with Crippen LogP contribution in [0.15, 0.2) is 48.5 Å². The van der Waals surface area contributed by atoms with Crippen LogP contribution in [0.3, 0.4) is 0 Å². The summed E-state index contributed by atoms with van der Waals surface area (Å²) in [6, 6.07) is 15.3. The summed E-state index contributed by atoms with van der Waals surface area (Å²) in [5, 5.41) is 4.35. The Kier molecular flexibility index (Phi) is 3.85. The molecule has 0 aliphatic carbocycles. The number of rotatable bonds is 4. The summed E-state index contributed by atoms with van der Waals surface area (Å²) in [5.74, 6) is 1.12. The first kappa shape index (κ1) is 15.3. The highest BCUT2D eigenvalue weighted by atomic mass is 16.7. The van der Waals surface area contributed by atoms with Crippen molar-refractivity contribution in [1.82, 2.24) is 4.98 Å². The number of anilines is 2. The lowest BCUT2D eigenvalue weighted by Gasteiger charge is -2.12. The third-order valence-corrected chi connectivity index (χ3v) is 3.97. The zero-order chi connectivity index (χ0) is 17.2. The third kappa shape index (κ3) is 3.06. The fraction of sp³-hybridized carbons (Fsp3) is 0.158. The van der Waals surface area contributed by atoms with Crippen LogP contribution in [0.5, 0.6) is 11.5 Å². The molecule has 2 aromatic carbocycles. The second-order valence-electron chi connectivity index (χ2n) is 5.62. The molecule has 1 aromatic heterocycles. The van der Waals surface area contributed by atoms with E-state index in [1.165, 1.54) is 7.11 Å². The molecular weight excluding hydrogens is 320 g/mol. The number of nitrogens with zero attached hydrogens (tertiary/aromatic N) is 1. The maximum atomic E-state index is 11.6. The Labute approximate surface area is 144 Å². The lowest BCUT2D eigenvalue weighted by Crippen LogP contribution is -2.07. The minimum absolute atomic E-state index is 0.122. The predicted octanol–water partition coefficient (Wildman–Crippen LogP) is 3.42. The molecule has 3 aromatic rings. The molecule has 1 aliphatic heterocycles. The Balaban J connectivity index is 1.73. The van der Waals surface area contributed by atoms with Crippen molar-refractivity contribution in [3.63, 3.8) is 0 Å². The number of para-hydroxylation sites is 1. The monoisotopic (exact) mass is 336 g/mol. The van der Waals surface area contributed by atoms with Gasteiger partial charge in [-0.25, -0.2) is 0 Å². The lowest BCUT2D eigenvalue weighted by atomic mass is 10.1. The van der Waals surface area contributed by atoms with Crippen LogP contribution < -0.4 is 14.8 Å². The minimum Gasteiger partial charge on any atom is -0.469 e. The van der Waals surface area contributed by atoms with Gasteiger partial charge in [-0.05, 0) is 24.3 Å². The summed E-state index contributed by atoms with van der Waals surface area (Å²) < 4.78 is 15.5. The second kappa shape index (κ2) is 6.32. The van der Waals surface area contributed by atoms with Crippen molar-refractivity contribution < 1.29 is 19.0 Å². The smallest absolute Gasteiger partial charge is 0.311 e. The van der Waals surface area contributed by atoms with Crippen LogP contribution in [-0.2, 0) is 16.0 Å². The van der Waals surface area contributed by atoms with Crippen molar-refractivity contribution in [3.8, 4) is 11.5 Å². The highest BCUT2D eigenvalue weighted by molar-refractivity contribution is 5.93. The molecule has 6 nitrogen and oxygen atoms in total. The number of pyridine rings is 1. The standard InChI is InChI=1S/C19H16N2O4/c1-23-19(22)10-13-8-16(14-4-2-3-5-15(14)21-13)20-12-6-7-17-18(9-12)25-11-24-17/h2-9H,10-11H2,1H3,(H,20,21). The maximum absolute atomic E-state index is 11.6. The largest absolute Gasteiger partial charge is 0.469 e. The SMILES string of the molecule is COC(=O)Cc1cc(Nc2ccc3c(c2)OCO3)c2ccccc2n1. The van der Waals surface area contributed by atoms with E-state index < -0.39 is 0 Å². The van der Waals surface area contributed by atoms with Crippen LogP contribution in [0.25, 0.3) is 10.9 Å². The molecule has 6 heteroatoms. The minimum atomic E-state index is -0.322. The molecule has 0 saturated heterocycles. The van der Waals surface area contributed by atoms with Gasteiger partial charge in [0.2, 0.25) is 6.79 Å². The second-order valence-corrected chi connectivity index (χ2v) is 5.62. The summed E-state index contributed by atoms with van der Waals surface area (Å²) in [4.78, 5) is 16.1. The Bertz CT molecular complexity index is 955. The van der Waals surface area contributed by atoms with Crippen LogP contribution in [-0.4, -0.2) is 24.9 Å². The van der Waals surface area contributed by atoms with Gasteiger partial charge in [0.25, 0.3) is 0 Å². The zero-order valence-electron chi connectivity index (χ0n) is 13.6. The molecule has 0 bridgehead atoms. The average Bonchev–Trinajstić information content (AvgIpc) is 3.09. The van der Waals surface area contributed by atoms with Crippen LogP contribution in [0.4, 0.5) is 11.4 Å². The van der Waals surface area contributed by atoms with Crippen molar-refractivity contribution in [2.75, 3.05) is 19.2 Å². The summed E-state index contributed by atoms with van der Waals surface area (Å²) in [7, 11) is 1.37. The normalized spacial score (nSPS) is 12.2. The van der Waals surface area contributed by atoms with Crippen LogP contribution in [0.2, 0.25) is 0 Å². The van der Waals surface area contributed by atoms with E-state index >= 15 is 0 Å². The van der Waals surface area contributed by atoms with E-state index in [2.05, 4.69) is 10.3 Å². The van der Waals surface area contributed by atoms with Gasteiger partial charge in [-0.15, -0.1) is 0 Å². The Hall–Kier alpha value is -3.28. The molecule has 0 fully saturated rings. The molecule has 1 aliphatic rings. The molecule has 0 spiro atoms. The number of methoxy groups -OCH3 is 1. The van der Waals surface area contributed by atoms with E-state index in [-0.39, 0.29) is 19.2 Å². The Morgan fingerprint density at radius 1 is 1.16 bits per heavy atom. The number of nitrogens with one attached hydrogen (secondary N) is 1. The van der Waals surface area contributed by atoms with E-state index in [1.54, 1.807) is 0 Å². The summed E-state index contributed by atoms with van der Waals surface area (Å²) >= 11 is 0. The van der Waals surface area contributed by atoms with Gasteiger partial charge in [-0.3, -0.25) is 9.78 Å². The molecule has 4 rings (SSSR count). The van der Waals surface area contributed by atoms with Crippen molar-refractivity contribution in [2.24, 2.45) is 0 Å². The van der Waals surface area contributed by atoms with Gasteiger partial charge in [0.1, 0.15) is 0 Å². The van der Waals surface area contributed by atoms with Gasteiger partial charge in [0.05, 0.1) is 24.7 Å². The zero-order valence-corrected chi connectivity index (χ0v) is 13.6. The van der Waals surface area contributed by atoms with Gasteiger partial charge < -0.3 is 19.5 Å². The molecule has 126 valence electrons.